The first kappa shape index (κ1) is 17.1. The van der Waals surface area contributed by atoms with Crippen molar-refractivity contribution in [3.63, 3.8) is 0 Å². The van der Waals surface area contributed by atoms with E-state index in [4.69, 9.17) is 23.2 Å². The molecule has 0 saturated carbocycles. The van der Waals surface area contributed by atoms with Gasteiger partial charge >= 0.3 is 0 Å². The van der Waals surface area contributed by atoms with Gasteiger partial charge in [0.2, 0.25) is 0 Å². The summed E-state index contributed by atoms with van der Waals surface area (Å²) in [6.07, 6.45) is 3.32. The smallest absolute Gasteiger partial charge is 0.254 e. The molecule has 0 bridgehead atoms. The fourth-order valence-electron chi connectivity index (χ4n) is 3.18. The van der Waals surface area contributed by atoms with Gasteiger partial charge in [-0.25, -0.2) is 9.97 Å². The second kappa shape index (κ2) is 6.74. The molecule has 134 valence electrons. The molecule has 0 N–H and O–H groups in total. The molecule has 1 amide bonds. The third kappa shape index (κ3) is 3.08. The predicted octanol–water partition coefficient (Wildman–Crippen LogP) is 2.63. The summed E-state index contributed by atoms with van der Waals surface area (Å²) in [7, 11) is 1.85. The highest BCUT2D eigenvalue weighted by atomic mass is 35.5. The second-order valence-corrected chi connectivity index (χ2v) is 7.01. The van der Waals surface area contributed by atoms with Crippen LogP contribution in [0.3, 0.4) is 0 Å². The molecular formula is C17H16Cl2N6O. The topological polar surface area (TPSA) is 67.2 Å². The first-order valence-electron chi connectivity index (χ1n) is 8.16. The lowest BCUT2D eigenvalue weighted by Gasteiger charge is -2.35. The van der Waals surface area contributed by atoms with Crippen molar-refractivity contribution in [3.05, 3.63) is 46.3 Å². The zero-order valence-corrected chi connectivity index (χ0v) is 15.6. The van der Waals surface area contributed by atoms with E-state index in [9.17, 15) is 4.79 Å². The Morgan fingerprint density at radius 3 is 2.42 bits per heavy atom. The highest BCUT2D eigenvalue weighted by Crippen LogP contribution is 2.24. The summed E-state index contributed by atoms with van der Waals surface area (Å²) in [6.45, 7) is 2.55. The van der Waals surface area contributed by atoms with Crippen LogP contribution < -0.4 is 4.90 Å². The maximum absolute atomic E-state index is 12.7. The van der Waals surface area contributed by atoms with E-state index in [1.807, 2.05) is 7.05 Å². The number of carbonyl (C=O) groups is 1. The molecule has 1 aliphatic heterocycles. The number of amides is 1. The number of hydrogen-bond donors (Lipinski definition) is 0. The quantitative estimate of drug-likeness (QED) is 0.672. The molecule has 7 nitrogen and oxygen atoms in total. The van der Waals surface area contributed by atoms with Crippen molar-refractivity contribution in [3.8, 4) is 0 Å². The summed E-state index contributed by atoms with van der Waals surface area (Å²) < 4.78 is 1.73. The summed E-state index contributed by atoms with van der Waals surface area (Å²) in [6, 6.07) is 4.91. The van der Waals surface area contributed by atoms with Crippen LogP contribution in [0.5, 0.6) is 0 Å². The van der Waals surface area contributed by atoms with E-state index in [1.54, 1.807) is 40.3 Å². The molecule has 9 heteroatoms. The minimum absolute atomic E-state index is 0.0664. The number of carbonyl (C=O) groups excluding carboxylic acids is 1. The molecule has 4 rings (SSSR count). The van der Waals surface area contributed by atoms with E-state index in [2.05, 4.69) is 20.0 Å². The number of hydrogen-bond acceptors (Lipinski definition) is 5. The minimum Gasteiger partial charge on any atom is -0.352 e. The lowest BCUT2D eigenvalue weighted by atomic mass is 10.1. The van der Waals surface area contributed by atoms with Crippen molar-refractivity contribution < 1.29 is 4.79 Å². The van der Waals surface area contributed by atoms with Gasteiger partial charge in [0.25, 0.3) is 5.91 Å². The number of fused-ring (bicyclic) bond motifs is 1. The molecular weight excluding hydrogens is 375 g/mol. The Kier molecular flexibility index (Phi) is 4.42. The Morgan fingerprint density at radius 2 is 1.73 bits per heavy atom. The van der Waals surface area contributed by atoms with Gasteiger partial charge in [0.05, 0.1) is 11.6 Å². The van der Waals surface area contributed by atoms with Crippen molar-refractivity contribution in [2.45, 2.75) is 0 Å². The molecule has 2 aromatic heterocycles. The fourth-order valence-corrected chi connectivity index (χ4v) is 3.71. The van der Waals surface area contributed by atoms with Crippen LogP contribution in [0.25, 0.3) is 11.0 Å². The van der Waals surface area contributed by atoms with Crippen LogP contribution in [-0.4, -0.2) is 56.7 Å². The first-order chi connectivity index (χ1) is 12.5. The average Bonchev–Trinajstić information content (AvgIpc) is 3.02. The Morgan fingerprint density at radius 1 is 1.04 bits per heavy atom. The number of rotatable bonds is 2. The van der Waals surface area contributed by atoms with Gasteiger partial charge in [-0.3, -0.25) is 9.48 Å². The molecule has 1 aliphatic rings. The minimum atomic E-state index is -0.0664. The summed E-state index contributed by atoms with van der Waals surface area (Å²) >= 11 is 12.0. The van der Waals surface area contributed by atoms with E-state index in [1.165, 1.54) is 0 Å². The first-order valence-corrected chi connectivity index (χ1v) is 8.91. The van der Waals surface area contributed by atoms with Gasteiger partial charge in [-0.05, 0) is 18.2 Å². The number of halogens is 2. The molecule has 1 fully saturated rings. The zero-order chi connectivity index (χ0) is 18.3. The Balaban J connectivity index is 1.51. The van der Waals surface area contributed by atoms with Crippen molar-refractivity contribution >= 4 is 46.0 Å². The summed E-state index contributed by atoms with van der Waals surface area (Å²) in [5.41, 5.74) is 1.30. The van der Waals surface area contributed by atoms with Gasteiger partial charge in [0, 0.05) is 48.8 Å². The molecule has 0 spiro atoms. The van der Waals surface area contributed by atoms with Gasteiger partial charge in [-0.1, -0.05) is 23.2 Å². The molecule has 0 unspecified atom stereocenters. The average molecular weight is 391 g/mol. The monoisotopic (exact) mass is 390 g/mol. The third-order valence-corrected chi connectivity index (χ3v) is 4.92. The lowest BCUT2D eigenvalue weighted by Crippen LogP contribution is -2.49. The number of aromatic nitrogens is 4. The second-order valence-electron chi connectivity index (χ2n) is 6.14. The van der Waals surface area contributed by atoms with E-state index >= 15 is 0 Å². The molecule has 0 atom stereocenters. The SMILES string of the molecule is Cn1ncc2c(N3CCN(C(=O)c4cc(Cl)cc(Cl)c4)CC3)ncnc21. The molecule has 0 radical (unpaired) electrons. The van der Waals surface area contributed by atoms with Crippen LogP contribution in [0.1, 0.15) is 10.4 Å². The van der Waals surface area contributed by atoms with E-state index < -0.39 is 0 Å². The van der Waals surface area contributed by atoms with Crippen LogP contribution in [0.15, 0.2) is 30.7 Å². The molecule has 3 aromatic rings. The van der Waals surface area contributed by atoms with Crippen molar-refractivity contribution in [1.82, 2.24) is 24.6 Å². The van der Waals surface area contributed by atoms with Gasteiger partial charge in [-0.15, -0.1) is 0 Å². The number of anilines is 1. The summed E-state index contributed by atoms with van der Waals surface area (Å²) in [5, 5.41) is 6.08. The molecule has 1 aromatic carbocycles. The molecule has 1 saturated heterocycles. The maximum Gasteiger partial charge on any atom is 0.254 e. The van der Waals surface area contributed by atoms with E-state index in [-0.39, 0.29) is 5.91 Å². The Hall–Kier alpha value is -2.38. The van der Waals surface area contributed by atoms with Crippen LogP contribution in [0.4, 0.5) is 5.82 Å². The molecule has 26 heavy (non-hydrogen) atoms. The van der Waals surface area contributed by atoms with Crippen LogP contribution in [0.2, 0.25) is 10.0 Å². The Bertz CT molecular complexity index is 960. The van der Waals surface area contributed by atoms with E-state index in [0.717, 1.165) is 16.9 Å². The van der Waals surface area contributed by atoms with Gasteiger partial charge < -0.3 is 9.80 Å². The predicted molar refractivity (Wildman–Crippen MR) is 101 cm³/mol. The number of aryl methyl sites for hydroxylation is 1. The maximum atomic E-state index is 12.7. The number of nitrogens with zero attached hydrogens (tertiary/aromatic N) is 6. The normalized spacial score (nSPS) is 14.9. The van der Waals surface area contributed by atoms with E-state index in [0.29, 0.717) is 41.8 Å². The van der Waals surface area contributed by atoms with Crippen LogP contribution in [-0.2, 0) is 7.05 Å². The van der Waals surface area contributed by atoms with Crippen LogP contribution in [0, 0.1) is 0 Å². The lowest BCUT2D eigenvalue weighted by molar-refractivity contribution is 0.0746. The standard InChI is InChI=1S/C17H16Cl2N6O/c1-23-15-14(9-22-23)16(21-10-20-15)24-2-4-25(5-3-24)17(26)11-6-12(18)8-13(19)7-11/h6-10H,2-5H2,1H3. The van der Waals surface area contributed by atoms with Gasteiger partial charge in [0.15, 0.2) is 5.65 Å². The Labute approximate surface area is 160 Å². The van der Waals surface area contributed by atoms with Crippen molar-refractivity contribution in [2.24, 2.45) is 7.05 Å². The van der Waals surface area contributed by atoms with Crippen molar-refractivity contribution in [2.75, 3.05) is 31.1 Å². The highest BCUT2D eigenvalue weighted by Gasteiger charge is 2.25. The fraction of sp³-hybridized carbons (Fsp3) is 0.294. The highest BCUT2D eigenvalue weighted by molar-refractivity contribution is 6.35. The number of benzene rings is 1. The van der Waals surface area contributed by atoms with Gasteiger partial charge in [0.1, 0.15) is 12.1 Å². The number of piperazine rings is 1. The zero-order valence-electron chi connectivity index (χ0n) is 14.1. The van der Waals surface area contributed by atoms with Crippen LogP contribution >= 0.6 is 23.2 Å². The molecule has 3 heterocycles. The largest absolute Gasteiger partial charge is 0.352 e. The molecule has 0 aliphatic carbocycles. The van der Waals surface area contributed by atoms with Gasteiger partial charge in [-0.2, -0.15) is 5.10 Å². The summed E-state index contributed by atoms with van der Waals surface area (Å²) in [4.78, 5) is 25.4. The third-order valence-electron chi connectivity index (χ3n) is 4.48. The summed E-state index contributed by atoms with van der Waals surface area (Å²) in [5.74, 6) is 0.782. The van der Waals surface area contributed by atoms with Crippen molar-refractivity contribution in [1.29, 1.82) is 0 Å².